The van der Waals surface area contributed by atoms with E-state index in [2.05, 4.69) is 25.9 Å². The van der Waals surface area contributed by atoms with Crippen molar-refractivity contribution in [3.05, 3.63) is 71.1 Å². The van der Waals surface area contributed by atoms with E-state index in [1.165, 1.54) is 6.08 Å². The van der Waals surface area contributed by atoms with Gasteiger partial charge in [-0.15, -0.1) is 10.2 Å². The summed E-state index contributed by atoms with van der Waals surface area (Å²) < 4.78 is 28.3. The molecule has 0 aliphatic heterocycles. The largest absolute Gasteiger partial charge is 0.367 e. The molecule has 0 bridgehead atoms. The van der Waals surface area contributed by atoms with E-state index >= 15 is 0 Å². The first kappa shape index (κ1) is 20.1. The Kier molecular flexibility index (Phi) is 6.28. The minimum Gasteiger partial charge on any atom is -0.367 e. The molecule has 3 aromatic rings. The van der Waals surface area contributed by atoms with E-state index in [1.807, 2.05) is 19.9 Å². The summed E-state index contributed by atoms with van der Waals surface area (Å²) >= 11 is 0. The van der Waals surface area contributed by atoms with Crippen molar-refractivity contribution in [1.82, 2.24) is 25.3 Å². The van der Waals surface area contributed by atoms with Crippen molar-refractivity contribution in [3.63, 3.8) is 0 Å². The van der Waals surface area contributed by atoms with Crippen LogP contribution in [0.4, 0.5) is 14.6 Å². The van der Waals surface area contributed by atoms with Gasteiger partial charge in [-0.3, -0.25) is 4.79 Å². The van der Waals surface area contributed by atoms with Crippen LogP contribution in [0.15, 0.2) is 42.5 Å². The van der Waals surface area contributed by atoms with Crippen molar-refractivity contribution in [2.45, 2.75) is 13.8 Å². The molecule has 1 aromatic carbocycles. The molecule has 29 heavy (non-hydrogen) atoms. The van der Waals surface area contributed by atoms with E-state index < -0.39 is 17.5 Å². The Morgan fingerprint density at radius 3 is 2.62 bits per heavy atom. The zero-order valence-corrected chi connectivity index (χ0v) is 16.0. The molecule has 150 valence electrons. The van der Waals surface area contributed by atoms with Gasteiger partial charge in [-0.25, -0.2) is 13.5 Å². The van der Waals surface area contributed by atoms with E-state index in [-0.39, 0.29) is 5.56 Å². The van der Waals surface area contributed by atoms with Crippen LogP contribution in [-0.4, -0.2) is 39.0 Å². The van der Waals surface area contributed by atoms with Crippen LogP contribution in [0.2, 0.25) is 0 Å². The second kappa shape index (κ2) is 9.05. The highest BCUT2D eigenvalue weighted by molar-refractivity contribution is 5.91. The number of rotatable bonds is 7. The van der Waals surface area contributed by atoms with Gasteiger partial charge in [0.1, 0.15) is 17.5 Å². The van der Waals surface area contributed by atoms with Crippen LogP contribution in [0.3, 0.4) is 0 Å². The van der Waals surface area contributed by atoms with Crippen LogP contribution < -0.4 is 10.6 Å². The molecule has 2 heterocycles. The fraction of sp³-hybridized carbons (Fsp3) is 0.200. The van der Waals surface area contributed by atoms with Gasteiger partial charge in [-0.1, -0.05) is 0 Å². The summed E-state index contributed by atoms with van der Waals surface area (Å²) in [5.41, 5.74) is 1.87. The summed E-state index contributed by atoms with van der Waals surface area (Å²) in [7, 11) is 0. The van der Waals surface area contributed by atoms with Crippen LogP contribution >= 0.6 is 0 Å². The van der Waals surface area contributed by atoms with Crippen molar-refractivity contribution in [2.75, 3.05) is 18.4 Å². The average molecular weight is 398 g/mol. The highest BCUT2D eigenvalue weighted by Gasteiger charge is 2.06. The molecule has 0 aliphatic rings. The number of benzene rings is 1. The standard InChI is InChI=1S/C20H20F2N6O/c1-13-11-14(2)28(27-13)19-7-6-18(25-26-19)23-9-10-24-20(29)8-3-15-12-16(21)4-5-17(15)22/h3-8,11-12H,9-10H2,1-2H3,(H,23,25)(H,24,29)/b8-3+. The highest BCUT2D eigenvalue weighted by atomic mass is 19.1. The molecule has 0 fully saturated rings. The number of halogens is 2. The monoisotopic (exact) mass is 398 g/mol. The third kappa shape index (κ3) is 5.44. The van der Waals surface area contributed by atoms with Gasteiger partial charge in [0.2, 0.25) is 5.91 Å². The summed E-state index contributed by atoms with van der Waals surface area (Å²) in [5.74, 6) is -0.410. The van der Waals surface area contributed by atoms with Crippen LogP contribution in [0.25, 0.3) is 11.9 Å². The molecule has 0 saturated carbocycles. The number of aryl methyl sites for hydroxylation is 2. The fourth-order valence-electron chi connectivity index (χ4n) is 2.64. The number of nitrogens with one attached hydrogen (secondary N) is 2. The Hall–Kier alpha value is -3.62. The topological polar surface area (TPSA) is 84.7 Å². The molecule has 0 unspecified atom stereocenters. The Labute approximate surface area is 166 Å². The lowest BCUT2D eigenvalue weighted by molar-refractivity contribution is -0.116. The number of hydrogen-bond acceptors (Lipinski definition) is 5. The van der Waals surface area contributed by atoms with Gasteiger partial charge in [-0.2, -0.15) is 5.10 Å². The Morgan fingerprint density at radius 2 is 1.93 bits per heavy atom. The number of carbonyl (C=O) groups excluding carboxylic acids is 1. The van der Waals surface area contributed by atoms with E-state index in [0.29, 0.717) is 24.7 Å². The maximum atomic E-state index is 13.5. The third-order valence-corrected chi connectivity index (χ3v) is 3.98. The molecule has 0 spiro atoms. The summed E-state index contributed by atoms with van der Waals surface area (Å²) in [6.07, 6.45) is 2.38. The van der Waals surface area contributed by atoms with E-state index in [9.17, 15) is 13.6 Å². The Bertz CT molecular complexity index is 1030. The first-order valence-electron chi connectivity index (χ1n) is 8.94. The molecule has 2 N–H and O–H groups in total. The quantitative estimate of drug-likeness (QED) is 0.472. The number of nitrogens with zero attached hydrogens (tertiary/aromatic N) is 4. The molecule has 9 heteroatoms. The van der Waals surface area contributed by atoms with Gasteiger partial charge in [-0.05, 0) is 56.3 Å². The Morgan fingerprint density at radius 1 is 1.10 bits per heavy atom. The second-order valence-corrected chi connectivity index (χ2v) is 6.33. The molecule has 0 saturated heterocycles. The second-order valence-electron chi connectivity index (χ2n) is 6.33. The lowest BCUT2D eigenvalue weighted by atomic mass is 10.2. The van der Waals surface area contributed by atoms with Crippen molar-refractivity contribution in [1.29, 1.82) is 0 Å². The van der Waals surface area contributed by atoms with Gasteiger partial charge in [0.05, 0.1) is 5.69 Å². The van der Waals surface area contributed by atoms with E-state index in [4.69, 9.17) is 0 Å². The predicted molar refractivity (Wildman–Crippen MR) is 106 cm³/mol. The smallest absolute Gasteiger partial charge is 0.244 e. The average Bonchev–Trinajstić information content (AvgIpc) is 3.04. The molecule has 0 atom stereocenters. The van der Waals surface area contributed by atoms with Crippen LogP contribution in [0.1, 0.15) is 17.0 Å². The zero-order valence-electron chi connectivity index (χ0n) is 16.0. The molecule has 3 rings (SSSR count). The zero-order chi connectivity index (χ0) is 20.8. The molecular formula is C20H20F2N6O. The highest BCUT2D eigenvalue weighted by Crippen LogP contribution is 2.11. The normalized spacial score (nSPS) is 11.0. The number of anilines is 1. The summed E-state index contributed by atoms with van der Waals surface area (Å²) in [6, 6.07) is 8.57. The van der Waals surface area contributed by atoms with Gasteiger partial charge >= 0.3 is 0 Å². The van der Waals surface area contributed by atoms with Crippen LogP contribution in [-0.2, 0) is 4.79 Å². The minimum absolute atomic E-state index is 0.0104. The van der Waals surface area contributed by atoms with Gasteiger partial charge in [0.25, 0.3) is 0 Å². The number of aromatic nitrogens is 4. The van der Waals surface area contributed by atoms with Crippen molar-refractivity contribution >= 4 is 17.8 Å². The van der Waals surface area contributed by atoms with Crippen molar-refractivity contribution in [3.8, 4) is 5.82 Å². The fourth-order valence-corrected chi connectivity index (χ4v) is 2.64. The first-order chi connectivity index (χ1) is 13.9. The lowest BCUT2D eigenvalue weighted by Crippen LogP contribution is -2.27. The van der Waals surface area contributed by atoms with E-state index in [0.717, 1.165) is 35.7 Å². The SMILES string of the molecule is Cc1cc(C)n(-c2ccc(NCCNC(=O)/C=C/c3cc(F)ccc3F)nn2)n1. The van der Waals surface area contributed by atoms with Gasteiger partial charge < -0.3 is 10.6 Å². The molecule has 7 nitrogen and oxygen atoms in total. The van der Waals surface area contributed by atoms with Crippen LogP contribution in [0, 0.1) is 25.5 Å². The number of amides is 1. The molecular weight excluding hydrogens is 378 g/mol. The third-order valence-electron chi connectivity index (χ3n) is 3.98. The summed E-state index contributed by atoms with van der Waals surface area (Å²) in [6.45, 7) is 4.58. The van der Waals surface area contributed by atoms with Crippen LogP contribution in [0.5, 0.6) is 0 Å². The lowest BCUT2D eigenvalue weighted by Gasteiger charge is -2.07. The molecule has 2 aromatic heterocycles. The van der Waals surface area contributed by atoms with Gasteiger partial charge in [0, 0.05) is 30.4 Å². The number of hydrogen-bond donors (Lipinski definition) is 2. The first-order valence-corrected chi connectivity index (χ1v) is 8.94. The molecule has 0 aliphatic carbocycles. The summed E-state index contributed by atoms with van der Waals surface area (Å²) in [4.78, 5) is 11.8. The predicted octanol–water partition coefficient (Wildman–Crippen LogP) is 2.80. The molecule has 1 amide bonds. The maximum absolute atomic E-state index is 13.5. The van der Waals surface area contributed by atoms with Gasteiger partial charge in [0.15, 0.2) is 5.82 Å². The molecule has 0 radical (unpaired) electrons. The van der Waals surface area contributed by atoms with Crippen molar-refractivity contribution in [2.24, 2.45) is 0 Å². The Balaban J connectivity index is 1.45. The number of carbonyl (C=O) groups is 1. The van der Waals surface area contributed by atoms with Crippen molar-refractivity contribution < 1.29 is 13.6 Å². The maximum Gasteiger partial charge on any atom is 0.244 e. The summed E-state index contributed by atoms with van der Waals surface area (Å²) in [5, 5.41) is 18.3. The minimum atomic E-state index is -0.598. The van der Waals surface area contributed by atoms with E-state index in [1.54, 1.807) is 16.8 Å².